The molecule has 0 aliphatic heterocycles. The number of nitrogens with zero attached hydrogens (tertiary/aromatic N) is 5. The molecule has 2 heterocycles. The van der Waals surface area contributed by atoms with Gasteiger partial charge in [-0.3, -0.25) is 0 Å². The van der Waals surface area contributed by atoms with Gasteiger partial charge in [-0.1, -0.05) is 9.61 Å². The molecule has 0 fully saturated rings. The summed E-state index contributed by atoms with van der Waals surface area (Å²) in [4.78, 5) is 16.4. The van der Waals surface area contributed by atoms with E-state index in [-0.39, 0.29) is 10.3 Å². The van der Waals surface area contributed by atoms with Crippen LogP contribution in [-0.4, -0.2) is 24.5 Å². The summed E-state index contributed by atoms with van der Waals surface area (Å²) in [5.74, 6) is -2.18. The summed E-state index contributed by atoms with van der Waals surface area (Å²) in [6.45, 7) is 0. The summed E-state index contributed by atoms with van der Waals surface area (Å²) in [6, 6.07) is 0. The number of rotatable bonds is 1. The molecule has 0 spiro atoms. The summed E-state index contributed by atoms with van der Waals surface area (Å²) in [7, 11) is 0. The summed E-state index contributed by atoms with van der Waals surface area (Å²) in [5, 5.41) is 13.7. The molecule has 2 aromatic heterocycles. The van der Waals surface area contributed by atoms with Gasteiger partial charge in [0.15, 0.2) is 0 Å². The Morgan fingerprint density at radius 1 is 1.47 bits per heavy atom. The molecule has 0 aliphatic carbocycles. The quantitative estimate of drug-likeness (QED) is 0.592. The average Bonchev–Trinajstić information content (AvgIpc) is 2.59. The highest BCUT2D eigenvalue weighted by Gasteiger charge is 2.39. The number of hydrogen-bond donors (Lipinski definition) is 0. The van der Waals surface area contributed by atoms with Crippen LogP contribution in [0.4, 0.5) is 19.0 Å². The van der Waals surface area contributed by atoms with Gasteiger partial charge < -0.3 is 10.1 Å². The van der Waals surface area contributed by atoms with E-state index in [0.29, 0.717) is 4.52 Å². The molecule has 0 unspecified atom stereocenters. The van der Waals surface area contributed by atoms with E-state index in [1.165, 1.54) is 0 Å². The molecule has 0 bridgehead atoms. The van der Waals surface area contributed by atoms with Crippen molar-refractivity contribution in [1.29, 1.82) is 0 Å². The maximum Gasteiger partial charge on any atom is 0.455 e. The van der Waals surface area contributed by atoms with Gasteiger partial charge in [-0.15, -0.1) is 0 Å². The van der Waals surface area contributed by atoms with Gasteiger partial charge in [-0.25, -0.2) is 4.98 Å². The van der Waals surface area contributed by atoms with Crippen molar-refractivity contribution in [3.63, 3.8) is 0 Å². The zero-order valence-corrected chi connectivity index (χ0v) is 9.23. The van der Waals surface area contributed by atoms with Gasteiger partial charge in [0.1, 0.15) is 0 Å². The topological polar surface area (TPSA) is 86.2 Å². The Morgan fingerprint density at radius 2 is 2.12 bits per heavy atom. The molecule has 0 saturated carbocycles. The van der Waals surface area contributed by atoms with Gasteiger partial charge in [-0.05, 0) is 20.9 Å². The van der Waals surface area contributed by atoms with E-state index in [9.17, 15) is 23.3 Å². The third-order valence-corrected chi connectivity index (χ3v) is 2.30. The van der Waals surface area contributed by atoms with Crippen molar-refractivity contribution in [3.05, 3.63) is 26.7 Å². The van der Waals surface area contributed by atoms with Crippen LogP contribution in [0.1, 0.15) is 5.82 Å². The van der Waals surface area contributed by atoms with Crippen molar-refractivity contribution in [2.45, 2.75) is 6.18 Å². The Balaban J connectivity index is 2.78. The predicted octanol–water partition coefficient (Wildman–Crippen LogP) is 1.81. The van der Waals surface area contributed by atoms with Crippen LogP contribution in [0.2, 0.25) is 0 Å². The minimum absolute atomic E-state index is 0.228. The molecule has 7 nitrogen and oxygen atoms in total. The lowest BCUT2D eigenvalue weighted by atomic mass is 10.6. The molecule has 0 aliphatic rings. The molecule has 0 N–H and O–H groups in total. The van der Waals surface area contributed by atoms with Crippen molar-refractivity contribution in [2.24, 2.45) is 0 Å². The van der Waals surface area contributed by atoms with Gasteiger partial charge in [0.05, 0.1) is 6.20 Å². The molecule has 11 heteroatoms. The van der Waals surface area contributed by atoms with Crippen LogP contribution >= 0.6 is 15.9 Å². The molecule has 0 radical (unpaired) electrons. The van der Waals surface area contributed by atoms with Crippen LogP contribution in [0.15, 0.2) is 10.8 Å². The zero-order valence-electron chi connectivity index (χ0n) is 7.64. The van der Waals surface area contributed by atoms with E-state index in [4.69, 9.17) is 0 Å². The molecule has 90 valence electrons. The van der Waals surface area contributed by atoms with E-state index < -0.39 is 22.7 Å². The maximum atomic E-state index is 12.3. The van der Waals surface area contributed by atoms with Crippen LogP contribution in [0, 0.1) is 10.1 Å². The Bertz CT molecular complexity index is 609. The molecule has 0 saturated heterocycles. The molecule has 0 amide bonds. The lowest BCUT2D eigenvalue weighted by Gasteiger charge is -1.97. The fourth-order valence-corrected chi connectivity index (χ4v) is 1.51. The molecule has 2 aromatic rings. The molecule has 0 atom stereocenters. The van der Waals surface area contributed by atoms with Gasteiger partial charge >= 0.3 is 12.0 Å². The number of nitro groups is 1. The van der Waals surface area contributed by atoms with Crippen molar-refractivity contribution < 1.29 is 18.1 Å². The second-order valence-corrected chi connectivity index (χ2v) is 3.58. The van der Waals surface area contributed by atoms with Crippen molar-refractivity contribution in [1.82, 2.24) is 19.6 Å². The standard InChI is InChI=1S/C6HBrF3N5O2/c7-3-4(15(16)17)14-2(1-11-3)12-5(13-14)6(8,9)10/h1H. The first kappa shape index (κ1) is 11.7. The highest BCUT2D eigenvalue weighted by molar-refractivity contribution is 9.10. The Labute approximate surface area is 98.6 Å². The largest absolute Gasteiger partial charge is 0.455 e. The number of aromatic nitrogens is 4. The van der Waals surface area contributed by atoms with E-state index in [1.54, 1.807) is 0 Å². The summed E-state index contributed by atoms with van der Waals surface area (Å²) < 4.78 is 37.2. The second kappa shape index (κ2) is 3.61. The van der Waals surface area contributed by atoms with Gasteiger partial charge in [0.25, 0.3) is 11.5 Å². The number of hydrogen-bond acceptors (Lipinski definition) is 5. The number of fused-ring (bicyclic) bond motifs is 1. The smallest absolute Gasteiger partial charge is 0.358 e. The van der Waals surface area contributed by atoms with E-state index >= 15 is 0 Å². The second-order valence-electron chi connectivity index (χ2n) is 2.83. The first-order chi connectivity index (χ1) is 7.80. The molecular formula is C6HBrF3N5O2. The zero-order chi connectivity index (χ0) is 12.8. The fourth-order valence-electron chi connectivity index (χ4n) is 1.10. The number of halogens is 4. The van der Waals surface area contributed by atoms with Crippen molar-refractivity contribution in [3.8, 4) is 0 Å². The fraction of sp³-hybridized carbons (Fsp3) is 0.167. The van der Waals surface area contributed by atoms with Crippen molar-refractivity contribution >= 4 is 27.4 Å². The third-order valence-electron chi connectivity index (χ3n) is 1.74. The van der Waals surface area contributed by atoms with Gasteiger partial charge in [0.2, 0.25) is 4.60 Å². The molecule has 2 rings (SSSR count). The van der Waals surface area contributed by atoms with E-state index in [2.05, 4.69) is 31.0 Å². The molecule has 0 aromatic carbocycles. The SMILES string of the molecule is O=[N+]([O-])c1c(Br)ncc2nc(C(F)(F)F)nn12. The lowest BCUT2D eigenvalue weighted by molar-refractivity contribution is -0.392. The lowest BCUT2D eigenvalue weighted by Crippen LogP contribution is -2.08. The first-order valence-corrected chi connectivity index (χ1v) is 4.73. The van der Waals surface area contributed by atoms with Gasteiger partial charge in [-0.2, -0.15) is 18.2 Å². The normalized spacial score (nSPS) is 12.0. The Morgan fingerprint density at radius 3 is 2.65 bits per heavy atom. The summed E-state index contributed by atoms with van der Waals surface area (Å²) in [6.07, 6.45) is -3.83. The van der Waals surface area contributed by atoms with Crippen molar-refractivity contribution in [2.75, 3.05) is 0 Å². The highest BCUT2D eigenvalue weighted by atomic mass is 79.9. The number of alkyl halides is 3. The highest BCUT2D eigenvalue weighted by Crippen LogP contribution is 2.29. The maximum absolute atomic E-state index is 12.3. The molecule has 17 heavy (non-hydrogen) atoms. The van der Waals surface area contributed by atoms with Crippen LogP contribution < -0.4 is 0 Å². The average molecular weight is 312 g/mol. The first-order valence-electron chi connectivity index (χ1n) is 3.93. The minimum atomic E-state index is -4.77. The van der Waals surface area contributed by atoms with E-state index in [0.717, 1.165) is 6.20 Å². The monoisotopic (exact) mass is 311 g/mol. The Hall–Kier alpha value is -1.78. The molecular weight excluding hydrogens is 311 g/mol. The van der Waals surface area contributed by atoms with Crippen LogP contribution in [0.3, 0.4) is 0 Å². The van der Waals surface area contributed by atoms with Crippen LogP contribution in [-0.2, 0) is 6.18 Å². The summed E-state index contributed by atoms with van der Waals surface area (Å²) >= 11 is 2.76. The predicted molar refractivity (Wildman–Crippen MR) is 50.1 cm³/mol. The van der Waals surface area contributed by atoms with Crippen LogP contribution in [0.5, 0.6) is 0 Å². The Kier molecular flexibility index (Phi) is 2.49. The van der Waals surface area contributed by atoms with Crippen LogP contribution in [0.25, 0.3) is 5.65 Å². The van der Waals surface area contributed by atoms with Gasteiger partial charge in [0, 0.05) is 0 Å². The summed E-state index contributed by atoms with van der Waals surface area (Å²) in [5.41, 5.74) is -0.354. The van der Waals surface area contributed by atoms with E-state index in [1.807, 2.05) is 0 Å². The minimum Gasteiger partial charge on any atom is -0.358 e. The third kappa shape index (κ3) is 1.92.